The number of aromatic amines is 1. The molecule has 2 aromatic heterocycles. The number of thiophene rings is 1. The smallest absolute Gasteiger partial charge is 0.291 e. The van der Waals surface area contributed by atoms with Gasteiger partial charge < -0.3 is 0 Å². The van der Waals surface area contributed by atoms with E-state index >= 15 is 0 Å². The van der Waals surface area contributed by atoms with Crippen LogP contribution in [0.4, 0.5) is 5.69 Å². The molecule has 1 unspecified atom stereocenters. The summed E-state index contributed by atoms with van der Waals surface area (Å²) in [6.07, 6.45) is 1.26. The van der Waals surface area contributed by atoms with E-state index in [9.17, 15) is 9.59 Å². The maximum absolute atomic E-state index is 13.8. The van der Waals surface area contributed by atoms with Crippen molar-refractivity contribution in [2.75, 3.05) is 11.2 Å². The molecule has 1 N–H and O–H groups in total. The Bertz CT molecular complexity index is 1350. The summed E-state index contributed by atoms with van der Waals surface area (Å²) >= 11 is 6.39. The number of anilines is 1. The summed E-state index contributed by atoms with van der Waals surface area (Å²) in [7, 11) is 0. The maximum Gasteiger partial charge on any atom is 0.325 e. The van der Waals surface area contributed by atoms with Gasteiger partial charge in [0.05, 0.1) is 19.9 Å². The van der Waals surface area contributed by atoms with Gasteiger partial charge in [0, 0.05) is 10.7 Å². The van der Waals surface area contributed by atoms with Crippen molar-refractivity contribution in [3.05, 3.63) is 91.3 Å². The van der Waals surface area contributed by atoms with Crippen molar-refractivity contribution in [2.45, 2.75) is 11.3 Å². The summed E-state index contributed by atoms with van der Waals surface area (Å²) in [5.41, 5.74) is 2.10. The molecule has 4 aromatic rings. The second-order valence-corrected chi connectivity index (χ2v) is 10.1. The van der Waals surface area contributed by atoms with Crippen LogP contribution in [-0.4, -0.2) is 22.2 Å². The van der Waals surface area contributed by atoms with E-state index in [0.29, 0.717) is 27.7 Å². The van der Waals surface area contributed by atoms with Crippen molar-refractivity contribution >= 4 is 50.6 Å². The molecule has 6 nitrogen and oxygen atoms in total. The van der Waals surface area contributed by atoms with Crippen LogP contribution < -0.4 is 15.1 Å². The zero-order valence-corrected chi connectivity index (χ0v) is 19.5. The lowest BCUT2D eigenvalue weighted by atomic mass is 10.0. The van der Waals surface area contributed by atoms with E-state index in [0.717, 1.165) is 8.66 Å². The van der Waals surface area contributed by atoms with Gasteiger partial charge >= 0.3 is 17.4 Å². The highest BCUT2D eigenvalue weighted by molar-refractivity contribution is 9.11. The summed E-state index contributed by atoms with van der Waals surface area (Å²) in [4.78, 5) is 32.3. The minimum absolute atomic E-state index is 0.159. The molecular weight excluding hydrogens is 496 g/mol. The van der Waals surface area contributed by atoms with Gasteiger partial charge in [-0.15, -0.1) is 11.3 Å². The predicted octanol–water partition coefficient (Wildman–Crippen LogP) is 4.48. The van der Waals surface area contributed by atoms with E-state index in [1.807, 2.05) is 60.9 Å². The number of carbonyl (C=O) groups excluding carboxylic acids is 1. The molecule has 0 radical (unpaired) electrons. The van der Waals surface area contributed by atoms with Crippen LogP contribution in [0, 0.1) is 0 Å². The first kappa shape index (κ1) is 20.2. The molecule has 1 amide bonds. The number of carbonyl (C=O) groups is 1. The zero-order chi connectivity index (χ0) is 21.5. The summed E-state index contributed by atoms with van der Waals surface area (Å²) in [6.45, 7) is 0. The molecule has 1 atom stereocenters. The largest absolute Gasteiger partial charge is 0.325 e. The van der Waals surface area contributed by atoms with E-state index in [1.54, 1.807) is 21.7 Å². The number of nitrogens with one attached hydrogen (secondary N) is 1. The Morgan fingerprint density at radius 1 is 1.13 bits per heavy atom. The maximum atomic E-state index is 13.8. The number of hydrogen-bond acceptors (Lipinski definition) is 5. The minimum Gasteiger partial charge on any atom is -0.291 e. The van der Waals surface area contributed by atoms with E-state index in [2.05, 4.69) is 20.9 Å². The molecule has 0 bridgehead atoms. The molecule has 0 spiro atoms. The van der Waals surface area contributed by atoms with E-state index in [1.165, 1.54) is 23.1 Å². The molecule has 9 heteroatoms. The standard InChI is InChI=1S/C22H15BrN4O2S2/c1-30-22-24-19(28)18-14-9-5-6-10-15(14)26(21(29)13-7-3-2-4-8-13)20(27(18)25-22)16-11-12-17(23)31-16/h2-12,20H,1H3/p+1. The van der Waals surface area contributed by atoms with E-state index in [-0.39, 0.29) is 11.5 Å². The molecule has 0 saturated carbocycles. The summed E-state index contributed by atoms with van der Waals surface area (Å²) < 4.78 is 2.61. The van der Waals surface area contributed by atoms with Gasteiger partial charge in [0.25, 0.3) is 5.91 Å². The number of benzene rings is 2. The number of hydrogen-bond donors (Lipinski definition) is 1. The van der Waals surface area contributed by atoms with Crippen LogP contribution in [0.1, 0.15) is 21.4 Å². The molecule has 0 aliphatic carbocycles. The van der Waals surface area contributed by atoms with Crippen LogP contribution in [0.5, 0.6) is 0 Å². The van der Waals surface area contributed by atoms with Gasteiger partial charge in [-0.3, -0.25) is 14.6 Å². The monoisotopic (exact) mass is 511 g/mol. The number of H-pyrrole nitrogens is 1. The number of para-hydroxylation sites is 1. The molecule has 1 aliphatic heterocycles. The van der Waals surface area contributed by atoms with Crippen molar-refractivity contribution in [3.8, 4) is 11.3 Å². The van der Waals surface area contributed by atoms with Crippen molar-refractivity contribution < 1.29 is 9.48 Å². The van der Waals surface area contributed by atoms with Gasteiger partial charge in [-0.25, -0.2) is 4.90 Å². The highest BCUT2D eigenvalue weighted by atomic mass is 79.9. The van der Waals surface area contributed by atoms with Crippen LogP contribution in [0.3, 0.4) is 0 Å². The van der Waals surface area contributed by atoms with E-state index < -0.39 is 6.17 Å². The first-order valence-electron chi connectivity index (χ1n) is 9.42. The minimum atomic E-state index is -0.595. The van der Waals surface area contributed by atoms with Gasteiger partial charge in [-0.2, -0.15) is 0 Å². The fraction of sp³-hybridized carbons (Fsp3) is 0.0909. The fourth-order valence-corrected chi connectivity index (χ4v) is 5.59. The molecule has 0 saturated heterocycles. The zero-order valence-electron chi connectivity index (χ0n) is 16.3. The molecular formula is C22H16BrN4O2S2+. The lowest BCUT2D eigenvalue weighted by Crippen LogP contribution is -2.60. The van der Waals surface area contributed by atoms with Gasteiger partial charge in [-0.1, -0.05) is 42.1 Å². The quantitative estimate of drug-likeness (QED) is 0.325. The molecule has 2 aromatic carbocycles. The predicted molar refractivity (Wildman–Crippen MR) is 126 cm³/mol. The highest BCUT2D eigenvalue weighted by Crippen LogP contribution is 2.40. The Labute approximate surface area is 194 Å². The SMILES string of the molecule is CSc1n[n+]2c(c(=O)[nH]1)-c1ccccc1N(C(=O)c1ccccc1)C2c1ccc(Br)s1. The molecule has 1 aliphatic rings. The van der Waals surface area contributed by atoms with Crippen LogP contribution in [0.15, 0.2) is 80.5 Å². The highest BCUT2D eigenvalue weighted by Gasteiger charge is 2.46. The average molecular weight is 512 g/mol. The topological polar surface area (TPSA) is 69.9 Å². The second kappa shape index (κ2) is 8.07. The van der Waals surface area contributed by atoms with Crippen molar-refractivity contribution in [3.63, 3.8) is 0 Å². The van der Waals surface area contributed by atoms with Crippen LogP contribution in [-0.2, 0) is 0 Å². The Kier molecular flexibility index (Phi) is 5.25. The molecule has 31 heavy (non-hydrogen) atoms. The van der Waals surface area contributed by atoms with Crippen molar-refractivity contribution in [1.82, 2.24) is 10.1 Å². The van der Waals surface area contributed by atoms with Gasteiger partial charge in [0.15, 0.2) is 0 Å². The fourth-order valence-electron chi connectivity index (χ4n) is 3.73. The summed E-state index contributed by atoms with van der Waals surface area (Å²) in [5, 5.41) is 5.19. The Hall–Kier alpha value is -2.75. The molecule has 0 fully saturated rings. The number of fused-ring (bicyclic) bond motifs is 3. The number of thioether (sulfide) groups is 1. The number of rotatable bonds is 3. The number of halogens is 1. The lowest BCUT2D eigenvalue weighted by Gasteiger charge is -2.31. The molecule has 3 heterocycles. The third kappa shape index (κ3) is 3.42. The number of amides is 1. The van der Waals surface area contributed by atoms with E-state index in [4.69, 9.17) is 5.10 Å². The van der Waals surface area contributed by atoms with Crippen LogP contribution >= 0.6 is 39.0 Å². The van der Waals surface area contributed by atoms with Crippen LogP contribution in [0.2, 0.25) is 0 Å². The van der Waals surface area contributed by atoms with Crippen molar-refractivity contribution in [2.24, 2.45) is 0 Å². The third-order valence-corrected chi connectivity index (χ3v) is 7.27. The normalized spacial score (nSPS) is 14.8. The number of nitrogens with zero attached hydrogens (tertiary/aromatic N) is 3. The molecule has 154 valence electrons. The Morgan fingerprint density at radius 2 is 1.87 bits per heavy atom. The first-order chi connectivity index (χ1) is 15.1. The summed E-state index contributed by atoms with van der Waals surface area (Å²) in [5.74, 6) is -0.159. The van der Waals surface area contributed by atoms with Gasteiger partial charge in [0.1, 0.15) is 0 Å². The summed E-state index contributed by atoms with van der Waals surface area (Å²) in [6, 6.07) is 20.5. The van der Waals surface area contributed by atoms with Crippen molar-refractivity contribution in [1.29, 1.82) is 0 Å². The average Bonchev–Trinajstić information content (AvgIpc) is 3.23. The Balaban J connectivity index is 1.83. The van der Waals surface area contributed by atoms with Gasteiger partial charge in [0.2, 0.25) is 5.16 Å². The second-order valence-electron chi connectivity index (χ2n) is 6.83. The Morgan fingerprint density at radius 3 is 2.58 bits per heavy atom. The third-order valence-electron chi connectivity index (χ3n) is 5.04. The van der Waals surface area contributed by atoms with Crippen LogP contribution in [0.25, 0.3) is 11.3 Å². The van der Waals surface area contributed by atoms with Gasteiger partial charge in [-0.05, 0) is 63.3 Å². The first-order valence-corrected chi connectivity index (χ1v) is 12.3. The number of aromatic nitrogens is 3. The lowest BCUT2D eigenvalue weighted by molar-refractivity contribution is -0.762. The molecule has 5 rings (SSSR count).